The van der Waals surface area contributed by atoms with Crippen LogP contribution in [0.3, 0.4) is 0 Å². The molecule has 0 aromatic carbocycles. The van der Waals surface area contributed by atoms with E-state index in [1.807, 2.05) is 12.1 Å². The molecule has 1 amide bonds. The molecule has 5 nitrogen and oxygen atoms in total. The number of nitrogens with zero attached hydrogens (tertiary/aromatic N) is 2. The van der Waals surface area contributed by atoms with Crippen molar-refractivity contribution in [3.8, 4) is 0 Å². The lowest BCUT2D eigenvalue weighted by molar-refractivity contribution is 0.0915. The van der Waals surface area contributed by atoms with Gasteiger partial charge in [-0.3, -0.25) is 4.79 Å². The van der Waals surface area contributed by atoms with Crippen molar-refractivity contribution >= 4 is 11.7 Å². The molecule has 4 atom stereocenters. The third-order valence-electron chi connectivity index (χ3n) is 6.14. The maximum atomic E-state index is 12.5. The molecule has 130 valence electrons. The largest absolute Gasteiger partial charge is 0.378 e. The van der Waals surface area contributed by atoms with Gasteiger partial charge in [0.05, 0.1) is 18.8 Å². The summed E-state index contributed by atoms with van der Waals surface area (Å²) in [5, 5.41) is 3.21. The van der Waals surface area contributed by atoms with Crippen LogP contribution in [0.4, 0.5) is 5.82 Å². The number of carbonyl (C=O) groups excluding carboxylic acids is 1. The van der Waals surface area contributed by atoms with E-state index >= 15 is 0 Å². The Labute approximate surface area is 143 Å². The molecule has 1 aromatic heterocycles. The summed E-state index contributed by atoms with van der Waals surface area (Å²) < 4.78 is 5.36. The van der Waals surface area contributed by atoms with Crippen molar-refractivity contribution in [1.82, 2.24) is 10.3 Å². The van der Waals surface area contributed by atoms with Gasteiger partial charge in [-0.15, -0.1) is 0 Å². The van der Waals surface area contributed by atoms with Gasteiger partial charge >= 0.3 is 0 Å². The van der Waals surface area contributed by atoms with Crippen molar-refractivity contribution in [2.75, 3.05) is 31.2 Å². The van der Waals surface area contributed by atoms with Gasteiger partial charge in [-0.1, -0.05) is 6.42 Å². The number of fused-ring (bicyclic) bond motifs is 2. The normalized spacial score (nSPS) is 30.4. The van der Waals surface area contributed by atoms with Crippen LogP contribution < -0.4 is 10.2 Å². The molecule has 1 N–H and O–H groups in total. The maximum absolute atomic E-state index is 12.5. The Kier molecular flexibility index (Phi) is 4.44. The number of ether oxygens (including phenoxy) is 1. The number of hydrogen-bond donors (Lipinski definition) is 1. The molecule has 4 rings (SSSR count). The van der Waals surface area contributed by atoms with E-state index in [1.165, 1.54) is 25.7 Å². The first-order valence-corrected chi connectivity index (χ1v) is 9.30. The monoisotopic (exact) mass is 329 g/mol. The van der Waals surface area contributed by atoms with Crippen LogP contribution >= 0.6 is 0 Å². The third-order valence-corrected chi connectivity index (χ3v) is 6.14. The van der Waals surface area contributed by atoms with Gasteiger partial charge in [0, 0.05) is 25.3 Å². The molecule has 2 aliphatic carbocycles. The number of amides is 1. The highest BCUT2D eigenvalue weighted by Crippen LogP contribution is 2.49. The van der Waals surface area contributed by atoms with Crippen molar-refractivity contribution in [3.05, 3.63) is 23.9 Å². The molecule has 0 unspecified atom stereocenters. The van der Waals surface area contributed by atoms with Gasteiger partial charge in [-0.05, 0) is 56.1 Å². The van der Waals surface area contributed by atoms with Gasteiger partial charge in [0.1, 0.15) is 5.82 Å². The van der Waals surface area contributed by atoms with Gasteiger partial charge in [0.25, 0.3) is 5.91 Å². The lowest BCUT2D eigenvalue weighted by Crippen LogP contribution is -2.40. The molecule has 3 aliphatic rings. The Morgan fingerprint density at radius 3 is 2.75 bits per heavy atom. The highest BCUT2D eigenvalue weighted by molar-refractivity contribution is 5.94. The molecular formula is C19H27N3O2. The first kappa shape index (κ1) is 15.9. The van der Waals surface area contributed by atoms with Gasteiger partial charge in [0.15, 0.2) is 0 Å². The highest BCUT2D eigenvalue weighted by atomic mass is 16.5. The standard InChI is InChI=1S/C19H27N3O2/c1-13(17-11-14-2-3-15(17)10-14)21-19(23)16-4-5-18(20-12-16)22-6-8-24-9-7-22/h4-5,12-15,17H,2-3,6-11H2,1H3,(H,21,23)/t13-,14+,15+,17+/m1/s1. The molecule has 2 heterocycles. The number of morpholine rings is 1. The average molecular weight is 329 g/mol. The second kappa shape index (κ2) is 6.71. The molecule has 0 spiro atoms. The smallest absolute Gasteiger partial charge is 0.253 e. The van der Waals surface area contributed by atoms with E-state index in [1.54, 1.807) is 6.20 Å². The second-order valence-electron chi connectivity index (χ2n) is 7.61. The Hall–Kier alpha value is -1.62. The van der Waals surface area contributed by atoms with Crippen LogP contribution in [0.1, 0.15) is 43.0 Å². The molecule has 1 aliphatic heterocycles. The fraction of sp³-hybridized carbons (Fsp3) is 0.684. The van der Waals surface area contributed by atoms with Crippen LogP contribution in [0, 0.1) is 17.8 Å². The molecule has 1 aromatic rings. The van der Waals surface area contributed by atoms with Crippen LogP contribution in [-0.2, 0) is 4.74 Å². The molecule has 2 saturated carbocycles. The average Bonchev–Trinajstić information content (AvgIpc) is 3.26. The van der Waals surface area contributed by atoms with Gasteiger partial charge in [0.2, 0.25) is 0 Å². The summed E-state index contributed by atoms with van der Waals surface area (Å²) in [7, 11) is 0. The van der Waals surface area contributed by atoms with E-state index in [9.17, 15) is 4.79 Å². The number of carbonyl (C=O) groups is 1. The summed E-state index contributed by atoms with van der Waals surface area (Å²) in [4.78, 5) is 19.2. The van der Waals surface area contributed by atoms with E-state index in [0.29, 0.717) is 11.5 Å². The molecule has 2 bridgehead atoms. The Morgan fingerprint density at radius 2 is 2.12 bits per heavy atom. The number of pyridine rings is 1. The van der Waals surface area contributed by atoms with Gasteiger partial charge in [-0.2, -0.15) is 0 Å². The zero-order valence-electron chi connectivity index (χ0n) is 14.4. The van der Waals surface area contributed by atoms with Crippen LogP contribution in [0.2, 0.25) is 0 Å². The van der Waals surface area contributed by atoms with Crippen molar-refractivity contribution < 1.29 is 9.53 Å². The topological polar surface area (TPSA) is 54.5 Å². The maximum Gasteiger partial charge on any atom is 0.253 e. The van der Waals surface area contributed by atoms with E-state index in [4.69, 9.17) is 4.74 Å². The van der Waals surface area contributed by atoms with Crippen LogP contribution in [-0.4, -0.2) is 43.2 Å². The van der Waals surface area contributed by atoms with E-state index in [0.717, 1.165) is 44.0 Å². The predicted molar refractivity (Wildman–Crippen MR) is 93.1 cm³/mol. The third kappa shape index (κ3) is 3.14. The lowest BCUT2D eigenvalue weighted by atomic mass is 9.84. The molecule has 5 heteroatoms. The first-order valence-electron chi connectivity index (χ1n) is 9.30. The Balaban J connectivity index is 1.35. The van der Waals surface area contributed by atoms with Gasteiger partial charge < -0.3 is 15.0 Å². The first-order chi connectivity index (χ1) is 11.7. The minimum atomic E-state index is 0.00583. The van der Waals surface area contributed by atoms with Crippen molar-refractivity contribution in [2.45, 2.75) is 38.6 Å². The number of aromatic nitrogens is 1. The molecule has 1 saturated heterocycles. The summed E-state index contributed by atoms with van der Waals surface area (Å²) in [6.07, 6.45) is 7.12. The van der Waals surface area contributed by atoms with Crippen LogP contribution in [0.5, 0.6) is 0 Å². The summed E-state index contributed by atoms with van der Waals surface area (Å²) in [6, 6.07) is 4.09. The Bertz CT molecular complexity index is 583. The fourth-order valence-electron chi connectivity index (χ4n) is 4.80. The zero-order valence-corrected chi connectivity index (χ0v) is 14.4. The quantitative estimate of drug-likeness (QED) is 0.922. The predicted octanol–water partition coefficient (Wildman–Crippen LogP) is 2.47. The van der Waals surface area contributed by atoms with Crippen molar-refractivity contribution in [3.63, 3.8) is 0 Å². The fourth-order valence-corrected chi connectivity index (χ4v) is 4.80. The summed E-state index contributed by atoms with van der Waals surface area (Å²) >= 11 is 0. The number of rotatable bonds is 4. The van der Waals surface area contributed by atoms with Crippen LogP contribution in [0.25, 0.3) is 0 Å². The summed E-state index contributed by atoms with van der Waals surface area (Å²) in [5.41, 5.74) is 0.655. The number of hydrogen-bond acceptors (Lipinski definition) is 4. The summed E-state index contributed by atoms with van der Waals surface area (Å²) in [6.45, 7) is 5.37. The van der Waals surface area contributed by atoms with Crippen LogP contribution in [0.15, 0.2) is 18.3 Å². The Morgan fingerprint density at radius 1 is 1.29 bits per heavy atom. The van der Waals surface area contributed by atoms with E-state index in [-0.39, 0.29) is 11.9 Å². The number of anilines is 1. The second-order valence-corrected chi connectivity index (χ2v) is 7.61. The SMILES string of the molecule is C[C@@H](NC(=O)c1ccc(N2CCOCC2)nc1)[C@@H]1C[C@H]2CC[C@H]1C2. The van der Waals surface area contributed by atoms with Crippen molar-refractivity contribution in [1.29, 1.82) is 0 Å². The van der Waals surface area contributed by atoms with Crippen molar-refractivity contribution in [2.24, 2.45) is 17.8 Å². The molecular weight excluding hydrogens is 302 g/mol. The number of nitrogens with one attached hydrogen (secondary N) is 1. The lowest BCUT2D eigenvalue weighted by Gasteiger charge is -2.29. The molecule has 24 heavy (non-hydrogen) atoms. The summed E-state index contributed by atoms with van der Waals surface area (Å²) in [5.74, 6) is 3.33. The van der Waals surface area contributed by atoms with E-state index in [2.05, 4.69) is 22.1 Å². The highest BCUT2D eigenvalue weighted by Gasteiger charge is 2.42. The minimum Gasteiger partial charge on any atom is -0.378 e. The molecule has 0 radical (unpaired) electrons. The van der Waals surface area contributed by atoms with Gasteiger partial charge in [-0.25, -0.2) is 4.98 Å². The minimum absolute atomic E-state index is 0.00583. The van der Waals surface area contributed by atoms with E-state index < -0.39 is 0 Å². The molecule has 3 fully saturated rings. The zero-order chi connectivity index (χ0) is 16.5.